The standard InChI is InChI=1S/C21H34N2O4Si/c1-15-13-11-12-14-16(15)26-17(24)22-23-18(25)27-28(19(2,3)4,20(5,6)7)21(8,9)10/h11-14H,1-10H3/b23-22+. The molecular weight excluding hydrogens is 372 g/mol. The van der Waals surface area contributed by atoms with E-state index in [4.69, 9.17) is 9.16 Å². The molecule has 28 heavy (non-hydrogen) atoms. The lowest BCUT2D eigenvalue weighted by atomic mass is 10.2. The lowest BCUT2D eigenvalue weighted by Gasteiger charge is -2.56. The molecule has 0 aromatic heterocycles. The second-order valence-electron chi connectivity index (χ2n) is 10.1. The van der Waals surface area contributed by atoms with Crippen molar-refractivity contribution < 1.29 is 18.8 Å². The summed E-state index contributed by atoms with van der Waals surface area (Å²) in [6.07, 6.45) is -1.81. The summed E-state index contributed by atoms with van der Waals surface area (Å²) in [6.45, 7) is 20.6. The summed E-state index contributed by atoms with van der Waals surface area (Å²) < 4.78 is 11.2. The molecule has 0 spiro atoms. The molecule has 0 N–H and O–H groups in total. The van der Waals surface area contributed by atoms with Gasteiger partial charge in [0.1, 0.15) is 5.75 Å². The Morgan fingerprint density at radius 2 is 1.21 bits per heavy atom. The number of rotatable bonds is 2. The van der Waals surface area contributed by atoms with Crippen LogP contribution in [0.25, 0.3) is 0 Å². The number of azo groups is 1. The van der Waals surface area contributed by atoms with E-state index in [1.54, 1.807) is 12.1 Å². The summed E-state index contributed by atoms with van der Waals surface area (Å²) in [5.74, 6) is 0.377. The van der Waals surface area contributed by atoms with Gasteiger partial charge in [0.25, 0.3) is 8.32 Å². The van der Waals surface area contributed by atoms with Gasteiger partial charge < -0.3 is 9.16 Å². The van der Waals surface area contributed by atoms with Gasteiger partial charge in [0.05, 0.1) is 0 Å². The quantitative estimate of drug-likeness (QED) is 0.378. The van der Waals surface area contributed by atoms with Gasteiger partial charge in [0.2, 0.25) is 0 Å². The molecule has 0 saturated carbocycles. The minimum absolute atomic E-state index is 0.254. The van der Waals surface area contributed by atoms with Gasteiger partial charge in [0, 0.05) is 0 Å². The van der Waals surface area contributed by atoms with Crippen LogP contribution in [0, 0.1) is 6.92 Å². The molecule has 0 unspecified atom stereocenters. The van der Waals surface area contributed by atoms with E-state index in [1.165, 1.54) is 0 Å². The molecule has 0 saturated heterocycles. The average Bonchev–Trinajstić information content (AvgIpc) is 2.49. The van der Waals surface area contributed by atoms with Crippen LogP contribution in [0.4, 0.5) is 9.59 Å². The molecule has 0 aliphatic heterocycles. The summed E-state index contributed by atoms with van der Waals surface area (Å²) in [5.41, 5.74) is 0.785. The molecule has 0 bridgehead atoms. The molecule has 2 amide bonds. The highest BCUT2D eigenvalue weighted by molar-refractivity contribution is 6.83. The summed E-state index contributed by atoms with van der Waals surface area (Å²) in [4.78, 5) is 24.5. The Morgan fingerprint density at radius 1 is 0.786 bits per heavy atom. The lowest BCUT2D eigenvalue weighted by molar-refractivity contribution is 0.189. The number of para-hydroxylation sites is 1. The predicted molar refractivity (Wildman–Crippen MR) is 113 cm³/mol. The first kappa shape index (κ1) is 24.0. The monoisotopic (exact) mass is 406 g/mol. The molecule has 7 heteroatoms. The first-order valence-corrected chi connectivity index (χ1v) is 11.4. The number of ether oxygens (including phenoxy) is 1. The van der Waals surface area contributed by atoms with Crippen molar-refractivity contribution in [3.05, 3.63) is 29.8 Å². The Bertz CT molecular complexity index is 717. The first-order chi connectivity index (χ1) is 12.5. The molecule has 156 valence electrons. The van der Waals surface area contributed by atoms with Gasteiger partial charge in [-0.15, -0.1) is 0 Å². The third-order valence-electron chi connectivity index (χ3n) is 4.91. The second kappa shape index (κ2) is 8.15. The van der Waals surface area contributed by atoms with E-state index in [9.17, 15) is 9.59 Å². The van der Waals surface area contributed by atoms with Gasteiger partial charge >= 0.3 is 12.2 Å². The minimum atomic E-state index is -2.77. The van der Waals surface area contributed by atoms with E-state index < -0.39 is 20.5 Å². The molecule has 6 nitrogen and oxygen atoms in total. The average molecular weight is 407 g/mol. The molecule has 0 aliphatic rings. The van der Waals surface area contributed by atoms with Crippen LogP contribution in [-0.4, -0.2) is 20.5 Å². The van der Waals surface area contributed by atoms with Gasteiger partial charge in [-0.1, -0.05) is 90.7 Å². The highest BCUT2D eigenvalue weighted by Crippen LogP contribution is 2.62. The summed E-state index contributed by atoms with van der Waals surface area (Å²) in [5, 5.41) is 6.14. The molecule has 1 aromatic rings. The molecule has 0 fully saturated rings. The number of carbonyl (C=O) groups is 2. The van der Waals surface area contributed by atoms with Crippen LogP contribution in [0.1, 0.15) is 67.9 Å². The Morgan fingerprint density at radius 3 is 1.64 bits per heavy atom. The van der Waals surface area contributed by atoms with Crippen molar-refractivity contribution in [3.8, 4) is 5.75 Å². The van der Waals surface area contributed by atoms with Crippen LogP contribution in [0.5, 0.6) is 5.75 Å². The Hall–Kier alpha value is -2.02. The highest BCUT2D eigenvalue weighted by atomic mass is 28.4. The maximum atomic E-state index is 12.6. The van der Waals surface area contributed by atoms with Crippen LogP contribution in [0.3, 0.4) is 0 Å². The van der Waals surface area contributed by atoms with E-state index >= 15 is 0 Å². The molecule has 0 atom stereocenters. The number of aryl methyl sites for hydroxylation is 1. The van der Waals surface area contributed by atoms with Crippen molar-refractivity contribution in [2.75, 3.05) is 0 Å². The second-order valence-corrected chi connectivity index (χ2v) is 16.2. The zero-order valence-electron chi connectivity index (χ0n) is 18.8. The van der Waals surface area contributed by atoms with Crippen LogP contribution in [0.15, 0.2) is 34.5 Å². The fraction of sp³-hybridized carbons (Fsp3) is 0.619. The van der Waals surface area contributed by atoms with Gasteiger partial charge in [0.15, 0.2) is 0 Å². The third-order valence-corrected chi connectivity index (χ3v) is 11.7. The highest BCUT2D eigenvalue weighted by Gasteiger charge is 2.64. The van der Waals surface area contributed by atoms with Gasteiger partial charge in [-0.25, -0.2) is 9.59 Å². The predicted octanol–water partition coefficient (Wildman–Crippen LogP) is 7.43. The van der Waals surface area contributed by atoms with E-state index in [0.29, 0.717) is 5.75 Å². The Balaban J connectivity index is 3.08. The fourth-order valence-corrected chi connectivity index (χ4v) is 12.8. The zero-order chi connectivity index (χ0) is 22.0. The van der Waals surface area contributed by atoms with E-state index in [2.05, 4.69) is 72.5 Å². The van der Waals surface area contributed by atoms with Gasteiger partial charge in [-0.05, 0) is 33.7 Å². The normalized spacial score (nSPS) is 13.5. The Labute approximate surface area is 169 Å². The van der Waals surface area contributed by atoms with Crippen molar-refractivity contribution >= 4 is 20.5 Å². The number of hydrogen-bond donors (Lipinski definition) is 0. The number of nitrogens with zero attached hydrogens (tertiary/aromatic N) is 2. The van der Waals surface area contributed by atoms with Crippen LogP contribution in [0.2, 0.25) is 15.1 Å². The largest absolute Gasteiger partial charge is 0.499 e. The van der Waals surface area contributed by atoms with Crippen LogP contribution >= 0.6 is 0 Å². The van der Waals surface area contributed by atoms with Crippen molar-refractivity contribution in [1.29, 1.82) is 0 Å². The van der Waals surface area contributed by atoms with Crippen LogP contribution in [-0.2, 0) is 4.43 Å². The topological polar surface area (TPSA) is 77.3 Å². The SMILES string of the molecule is Cc1ccccc1OC(=O)/N=N/C(=O)O[Si](C(C)(C)C)(C(C)(C)C)C(C)(C)C. The maximum absolute atomic E-state index is 12.6. The summed E-state index contributed by atoms with van der Waals surface area (Å²) in [7, 11) is -2.77. The number of benzene rings is 1. The number of amides is 2. The fourth-order valence-electron chi connectivity index (χ4n) is 4.85. The van der Waals surface area contributed by atoms with Gasteiger partial charge in [-0.2, -0.15) is 0 Å². The molecular formula is C21H34N2O4Si. The smallest absolute Gasteiger partial charge is 0.458 e. The third kappa shape index (κ3) is 5.07. The van der Waals surface area contributed by atoms with Gasteiger partial charge in [-0.3, -0.25) is 0 Å². The minimum Gasteiger partial charge on any atom is -0.499 e. The maximum Gasteiger partial charge on any atom is 0.458 e. The summed E-state index contributed by atoms with van der Waals surface area (Å²) >= 11 is 0. The molecule has 1 aromatic carbocycles. The number of hydrogen-bond acceptors (Lipinski definition) is 4. The van der Waals surface area contributed by atoms with E-state index in [-0.39, 0.29) is 15.1 Å². The van der Waals surface area contributed by atoms with Crippen LogP contribution < -0.4 is 4.74 Å². The molecule has 0 aliphatic carbocycles. The lowest BCUT2D eigenvalue weighted by Crippen LogP contribution is -2.61. The van der Waals surface area contributed by atoms with Crippen molar-refractivity contribution in [2.45, 2.75) is 84.4 Å². The molecule has 0 heterocycles. The molecule has 0 radical (unpaired) electrons. The number of carbonyl (C=O) groups excluding carboxylic acids is 2. The van der Waals surface area contributed by atoms with E-state index in [0.717, 1.165) is 5.56 Å². The van der Waals surface area contributed by atoms with Crippen molar-refractivity contribution in [2.24, 2.45) is 10.2 Å². The van der Waals surface area contributed by atoms with Crippen molar-refractivity contribution in [3.63, 3.8) is 0 Å². The first-order valence-electron chi connectivity index (χ1n) is 9.45. The summed E-state index contributed by atoms with van der Waals surface area (Å²) in [6, 6.07) is 7.04. The van der Waals surface area contributed by atoms with E-state index in [1.807, 2.05) is 19.1 Å². The Kier molecular flexibility index (Phi) is 6.99. The zero-order valence-corrected chi connectivity index (χ0v) is 19.8. The van der Waals surface area contributed by atoms with Crippen molar-refractivity contribution in [1.82, 2.24) is 0 Å². The molecule has 1 rings (SSSR count).